The van der Waals surface area contributed by atoms with Gasteiger partial charge < -0.3 is 0 Å². The zero-order valence-corrected chi connectivity index (χ0v) is 13.0. The van der Waals surface area contributed by atoms with E-state index in [0.29, 0.717) is 12.1 Å². The Hall–Kier alpha value is -1.75. The fraction of sp³-hybridized carbons (Fsp3) is 0.562. The van der Waals surface area contributed by atoms with Crippen LogP contribution in [-0.2, 0) is 6.54 Å². The van der Waals surface area contributed by atoms with Gasteiger partial charge in [0, 0.05) is 24.5 Å². The van der Waals surface area contributed by atoms with Crippen LogP contribution in [0, 0.1) is 13.8 Å². The number of pyridine rings is 1. The molecule has 2 aromatic heterocycles. The molecule has 0 radical (unpaired) electrons. The number of hydrogen-bond donors (Lipinski definition) is 0. The van der Waals surface area contributed by atoms with Gasteiger partial charge in [-0.25, -0.2) is 9.67 Å². The van der Waals surface area contributed by atoms with E-state index >= 15 is 0 Å². The van der Waals surface area contributed by atoms with Crippen LogP contribution in [0.25, 0.3) is 0 Å². The van der Waals surface area contributed by atoms with Gasteiger partial charge in [0.1, 0.15) is 11.6 Å². The molecule has 21 heavy (non-hydrogen) atoms. The molecule has 112 valence electrons. The molecular weight excluding hydrogens is 262 g/mol. The van der Waals surface area contributed by atoms with Gasteiger partial charge in [-0.1, -0.05) is 6.07 Å². The largest absolute Gasteiger partial charge is 0.292 e. The monoisotopic (exact) mass is 285 g/mol. The zero-order valence-electron chi connectivity index (χ0n) is 13.0. The zero-order chi connectivity index (χ0) is 14.8. The van der Waals surface area contributed by atoms with Gasteiger partial charge >= 0.3 is 0 Å². The number of nitrogens with zero attached hydrogens (tertiary/aromatic N) is 5. The van der Waals surface area contributed by atoms with Gasteiger partial charge in [-0.05, 0) is 51.8 Å². The van der Waals surface area contributed by atoms with E-state index in [9.17, 15) is 0 Å². The lowest BCUT2D eigenvalue weighted by molar-refractivity contribution is 0.172. The van der Waals surface area contributed by atoms with Crippen LogP contribution in [0.4, 0.5) is 0 Å². The van der Waals surface area contributed by atoms with E-state index < -0.39 is 0 Å². The van der Waals surface area contributed by atoms with Crippen molar-refractivity contribution in [1.82, 2.24) is 24.6 Å². The molecule has 1 saturated heterocycles. The molecule has 0 unspecified atom stereocenters. The van der Waals surface area contributed by atoms with Crippen molar-refractivity contribution >= 4 is 0 Å². The summed E-state index contributed by atoms with van der Waals surface area (Å²) in [5, 5.41) is 4.51. The molecule has 0 saturated carbocycles. The van der Waals surface area contributed by atoms with Gasteiger partial charge in [0.05, 0.1) is 6.54 Å². The topological polar surface area (TPSA) is 46.8 Å². The average Bonchev–Trinajstić information content (AvgIpc) is 3.06. The summed E-state index contributed by atoms with van der Waals surface area (Å²) in [6.07, 6.45) is 6.29. The summed E-state index contributed by atoms with van der Waals surface area (Å²) in [4.78, 5) is 11.2. The molecule has 2 aromatic rings. The van der Waals surface area contributed by atoms with E-state index in [1.807, 2.05) is 37.0 Å². The summed E-state index contributed by atoms with van der Waals surface area (Å²) in [7, 11) is 0. The Kier molecular flexibility index (Phi) is 4.01. The van der Waals surface area contributed by atoms with Crippen LogP contribution >= 0.6 is 0 Å². The van der Waals surface area contributed by atoms with Gasteiger partial charge in [-0.15, -0.1) is 0 Å². The summed E-state index contributed by atoms with van der Waals surface area (Å²) in [5.41, 5.74) is 1.29. The molecular formula is C16H23N5. The maximum absolute atomic E-state index is 4.51. The average molecular weight is 285 g/mol. The first kappa shape index (κ1) is 14.2. The minimum Gasteiger partial charge on any atom is -0.292 e. The van der Waals surface area contributed by atoms with Crippen LogP contribution in [-0.4, -0.2) is 37.2 Å². The predicted molar refractivity (Wildman–Crippen MR) is 81.9 cm³/mol. The van der Waals surface area contributed by atoms with Crippen molar-refractivity contribution in [3.63, 3.8) is 0 Å². The highest BCUT2D eigenvalue weighted by atomic mass is 15.4. The first-order valence-corrected chi connectivity index (χ1v) is 7.69. The lowest BCUT2D eigenvalue weighted by Crippen LogP contribution is -2.35. The molecule has 1 aliphatic rings. The second kappa shape index (κ2) is 5.93. The van der Waals surface area contributed by atoms with E-state index in [2.05, 4.69) is 33.0 Å². The third kappa shape index (κ3) is 2.97. The second-order valence-electron chi connectivity index (χ2n) is 5.88. The lowest BCUT2D eigenvalue weighted by Gasteiger charge is -2.30. The van der Waals surface area contributed by atoms with Crippen molar-refractivity contribution in [1.29, 1.82) is 0 Å². The fourth-order valence-electron chi connectivity index (χ4n) is 3.31. The molecule has 0 aliphatic carbocycles. The van der Waals surface area contributed by atoms with Crippen LogP contribution in [0.3, 0.4) is 0 Å². The third-order valence-corrected chi connectivity index (χ3v) is 4.43. The van der Waals surface area contributed by atoms with Crippen molar-refractivity contribution in [3.05, 3.63) is 41.7 Å². The molecule has 1 fully saturated rings. The van der Waals surface area contributed by atoms with Crippen molar-refractivity contribution < 1.29 is 0 Å². The van der Waals surface area contributed by atoms with Crippen LogP contribution in [0.2, 0.25) is 0 Å². The molecule has 0 bridgehead atoms. The Labute approximate surface area is 126 Å². The number of likely N-dealkylation sites (tertiary alicyclic amines) is 1. The highest BCUT2D eigenvalue weighted by Crippen LogP contribution is 2.29. The molecule has 0 amide bonds. The minimum atomic E-state index is 0.399. The normalized spacial score (nSPS) is 20.8. The summed E-state index contributed by atoms with van der Waals surface area (Å²) in [6.45, 7) is 8.33. The van der Waals surface area contributed by atoms with Gasteiger partial charge in [0.2, 0.25) is 0 Å². The van der Waals surface area contributed by atoms with Gasteiger partial charge in [0.15, 0.2) is 0 Å². The van der Waals surface area contributed by atoms with Crippen molar-refractivity contribution in [3.8, 4) is 0 Å². The molecule has 3 heterocycles. The summed E-state index contributed by atoms with van der Waals surface area (Å²) >= 11 is 0. The number of rotatable bonds is 4. The molecule has 0 N–H and O–H groups in total. The van der Waals surface area contributed by atoms with Crippen LogP contribution in [0.5, 0.6) is 0 Å². The maximum Gasteiger partial charge on any atom is 0.147 e. The second-order valence-corrected chi connectivity index (χ2v) is 5.88. The Morgan fingerprint density at radius 1 is 1.38 bits per heavy atom. The van der Waals surface area contributed by atoms with Crippen LogP contribution < -0.4 is 0 Å². The summed E-state index contributed by atoms with van der Waals surface area (Å²) in [5.74, 6) is 1.87. The highest BCUT2D eigenvalue weighted by Gasteiger charge is 2.30. The first-order chi connectivity index (χ1) is 10.1. The van der Waals surface area contributed by atoms with Crippen molar-refractivity contribution in [2.75, 3.05) is 6.54 Å². The molecule has 1 aliphatic heterocycles. The van der Waals surface area contributed by atoms with E-state index in [0.717, 1.165) is 24.7 Å². The molecule has 0 aromatic carbocycles. The number of hydrogen-bond acceptors (Lipinski definition) is 4. The first-order valence-electron chi connectivity index (χ1n) is 7.69. The molecule has 0 spiro atoms. The maximum atomic E-state index is 4.51. The van der Waals surface area contributed by atoms with E-state index in [1.165, 1.54) is 18.4 Å². The predicted octanol–water partition coefficient (Wildman–Crippen LogP) is 2.52. The Bertz CT molecular complexity index is 592. The smallest absolute Gasteiger partial charge is 0.147 e. The van der Waals surface area contributed by atoms with Crippen molar-refractivity contribution in [2.24, 2.45) is 0 Å². The fourth-order valence-corrected chi connectivity index (χ4v) is 3.31. The molecule has 2 atom stereocenters. The molecule has 5 heteroatoms. The summed E-state index contributed by atoms with van der Waals surface area (Å²) < 4.78 is 2.05. The SMILES string of the molecule is Cc1nc(C)n(C[C@H]2CCCN2[C@@H](C)c2cccnc2)n1. The third-order valence-electron chi connectivity index (χ3n) is 4.43. The standard InChI is InChI=1S/C16H23N5/c1-12(15-6-4-8-17-10-15)20-9-5-7-16(20)11-21-14(3)18-13(2)19-21/h4,6,8,10,12,16H,5,7,9,11H2,1-3H3/t12-,16+/m0/s1. The Balaban J connectivity index is 1.75. The Morgan fingerprint density at radius 3 is 2.90 bits per heavy atom. The van der Waals surface area contributed by atoms with Gasteiger partial charge in [0.25, 0.3) is 0 Å². The minimum absolute atomic E-state index is 0.399. The van der Waals surface area contributed by atoms with E-state index in [1.54, 1.807) is 0 Å². The van der Waals surface area contributed by atoms with Gasteiger partial charge in [-0.2, -0.15) is 5.10 Å². The number of aromatic nitrogens is 4. The highest BCUT2D eigenvalue weighted by molar-refractivity contribution is 5.14. The van der Waals surface area contributed by atoms with E-state index in [-0.39, 0.29) is 0 Å². The number of aryl methyl sites for hydroxylation is 2. The summed E-state index contributed by atoms with van der Waals surface area (Å²) in [6, 6.07) is 5.11. The van der Waals surface area contributed by atoms with E-state index in [4.69, 9.17) is 0 Å². The van der Waals surface area contributed by atoms with Crippen LogP contribution in [0.15, 0.2) is 24.5 Å². The molecule has 3 rings (SSSR count). The van der Waals surface area contributed by atoms with Crippen molar-refractivity contribution in [2.45, 2.75) is 52.2 Å². The molecule has 5 nitrogen and oxygen atoms in total. The quantitative estimate of drug-likeness (QED) is 0.866. The van der Waals surface area contributed by atoms with Gasteiger partial charge in [-0.3, -0.25) is 9.88 Å². The Morgan fingerprint density at radius 2 is 2.24 bits per heavy atom. The van der Waals surface area contributed by atoms with Crippen LogP contribution in [0.1, 0.15) is 43.0 Å². The lowest BCUT2D eigenvalue weighted by atomic mass is 10.1.